The smallest absolute Gasteiger partial charge is 0.133 e. The summed E-state index contributed by atoms with van der Waals surface area (Å²) >= 11 is 0. The summed E-state index contributed by atoms with van der Waals surface area (Å²) in [5.74, 6) is 1.08. The van der Waals surface area contributed by atoms with Crippen molar-refractivity contribution in [2.45, 2.75) is 57.4 Å². The third-order valence-corrected chi connectivity index (χ3v) is 5.06. The molecule has 1 atom stereocenters. The van der Waals surface area contributed by atoms with Crippen molar-refractivity contribution >= 4 is 0 Å². The molecule has 0 amide bonds. The molecule has 4 nitrogen and oxygen atoms in total. The van der Waals surface area contributed by atoms with Crippen molar-refractivity contribution in [3.8, 4) is 0 Å². The molecule has 2 fully saturated rings. The van der Waals surface area contributed by atoms with Crippen molar-refractivity contribution in [1.29, 1.82) is 0 Å². The van der Waals surface area contributed by atoms with Crippen molar-refractivity contribution in [3.05, 3.63) is 12.2 Å². The summed E-state index contributed by atoms with van der Waals surface area (Å²) in [6, 6.07) is 0.769. The van der Waals surface area contributed by atoms with Gasteiger partial charge in [-0.3, -0.25) is 0 Å². The minimum absolute atomic E-state index is 0.665. The number of aromatic nitrogens is 3. The van der Waals surface area contributed by atoms with E-state index in [1.54, 1.807) is 6.33 Å². The van der Waals surface area contributed by atoms with Crippen molar-refractivity contribution in [3.63, 3.8) is 0 Å². The molecule has 18 heavy (non-hydrogen) atoms. The first-order chi connectivity index (χ1) is 8.80. The van der Waals surface area contributed by atoms with Gasteiger partial charge in [-0.2, -0.15) is 0 Å². The lowest BCUT2D eigenvalue weighted by atomic mass is 9.57. The number of aryl methyl sites for hydroxylation is 1. The van der Waals surface area contributed by atoms with Crippen LogP contribution < -0.4 is 5.32 Å². The minimum atomic E-state index is 0.665. The molecular weight excluding hydrogens is 224 g/mol. The summed E-state index contributed by atoms with van der Waals surface area (Å²) in [6.45, 7) is 1.04. The molecule has 1 aromatic rings. The van der Waals surface area contributed by atoms with Gasteiger partial charge < -0.3 is 9.88 Å². The van der Waals surface area contributed by atoms with Gasteiger partial charge in [-0.15, -0.1) is 10.2 Å². The maximum atomic E-state index is 4.13. The molecule has 0 saturated heterocycles. The van der Waals surface area contributed by atoms with Gasteiger partial charge in [-0.05, 0) is 31.1 Å². The molecule has 1 aromatic heterocycles. The zero-order chi connectivity index (χ0) is 12.4. The van der Waals surface area contributed by atoms with E-state index in [0.717, 1.165) is 24.8 Å². The summed E-state index contributed by atoms with van der Waals surface area (Å²) < 4.78 is 2.01. The van der Waals surface area contributed by atoms with E-state index in [1.165, 1.54) is 44.9 Å². The van der Waals surface area contributed by atoms with Gasteiger partial charge in [-0.1, -0.05) is 19.3 Å². The van der Waals surface area contributed by atoms with Gasteiger partial charge in [0.15, 0.2) is 0 Å². The quantitative estimate of drug-likeness (QED) is 0.887. The Labute approximate surface area is 109 Å². The predicted molar refractivity (Wildman–Crippen MR) is 71.2 cm³/mol. The topological polar surface area (TPSA) is 42.7 Å². The highest BCUT2D eigenvalue weighted by atomic mass is 15.2. The van der Waals surface area contributed by atoms with Gasteiger partial charge in [0.05, 0.1) is 0 Å². The van der Waals surface area contributed by atoms with Gasteiger partial charge in [-0.25, -0.2) is 0 Å². The van der Waals surface area contributed by atoms with E-state index < -0.39 is 0 Å². The highest BCUT2D eigenvalue weighted by Crippen LogP contribution is 2.51. The standard InChI is InChI=1S/C14H24N4/c1-18-11-16-17-13(18)6-10-15-12-5-9-14(12)7-3-2-4-8-14/h11-12,15H,2-10H2,1H3. The molecule has 1 spiro atoms. The van der Waals surface area contributed by atoms with Crippen LogP contribution in [0.25, 0.3) is 0 Å². The summed E-state index contributed by atoms with van der Waals surface area (Å²) in [4.78, 5) is 0. The van der Waals surface area contributed by atoms with Crippen molar-refractivity contribution in [2.75, 3.05) is 6.54 Å². The van der Waals surface area contributed by atoms with Crippen LogP contribution >= 0.6 is 0 Å². The Morgan fingerprint density at radius 1 is 1.33 bits per heavy atom. The van der Waals surface area contributed by atoms with Crippen LogP contribution in [0.4, 0.5) is 0 Å². The van der Waals surface area contributed by atoms with Crippen LogP contribution in [0.3, 0.4) is 0 Å². The Morgan fingerprint density at radius 2 is 2.17 bits per heavy atom. The van der Waals surface area contributed by atoms with E-state index in [1.807, 2.05) is 11.6 Å². The fourth-order valence-electron chi connectivity index (χ4n) is 3.76. The van der Waals surface area contributed by atoms with Crippen molar-refractivity contribution in [2.24, 2.45) is 12.5 Å². The van der Waals surface area contributed by atoms with Gasteiger partial charge in [0.1, 0.15) is 12.2 Å². The minimum Gasteiger partial charge on any atom is -0.321 e. The molecule has 4 heteroatoms. The van der Waals surface area contributed by atoms with Crippen LogP contribution in [0.1, 0.15) is 50.8 Å². The molecule has 0 bridgehead atoms. The number of hydrogen-bond donors (Lipinski definition) is 1. The monoisotopic (exact) mass is 248 g/mol. The first-order valence-corrected chi connectivity index (χ1v) is 7.36. The third-order valence-electron chi connectivity index (χ3n) is 5.06. The largest absolute Gasteiger partial charge is 0.321 e. The van der Waals surface area contributed by atoms with E-state index in [0.29, 0.717) is 5.41 Å². The number of rotatable bonds is 4. The Kier molecular flexibility index (Phi) is 3.37. The van der Waals surface area contributed by atoms with Crippen LogP contribution in [0.2, 0.25) is 0 Å². The zero-order valence-corrected chi connectivity index (χ0v) is 11.4. The molecule has 2 saturated carbocycles. The lowest BCUT2D eigenvalue weighted by molar-refractivity contribution is 0.0235. The molecule has 3 rings (SSSR count). The number of nitrogens with one attached hydrogen (secondary N) is 1. The second-order valence-corrected chi connectivity index (χ2v) is 6.08. The van der Waals surface area contributed by atoms with Crippen molar-refractivity contribution in [1.82, 2.24) is 20.1 Å². The third kappa shape index (κ3) is 2.18. The van der Waals surface area contributed by atoms with E-state index in [-0.39, 0.29) is 0 Å². The maximum Gasteiger partial charge on any atom is 0.133 e. The highest BCUT2D eigenvalue weighted by molar-refractivity contribution is 5.02. The molecule has 100 valence electrons. The summed E-state index contributed by atoms with van der Waals surface area (Å²) in [5.41, 5.74) is 0.665. The van der Waals surface area contributed by atoms with Gasteiger partial charge >= 0.3 is 0 Å². The fourth-order valence-corrected chi connectivity index (χ4v) is 3.76. The Morgan fingerprint density at radius 3 is 2.78 bits per heavy atom. The molecule has 0 aromatic carbocycles. The molecular formula is C14H24N4. The van der Waals surface area contributed by atoms with Gasteiger partial charge in [0, 0.05) is 26.1 Å². The van der Waals surface area contributed by atoms with Crippen LogP contribution in [-0.2, 0) is 13.5 Å². The highest BCUT2D eigenvalue weighted by Gasteiger charge is 2.46. The van der Waals surface area contributed by atoms with Crippen LogP contribution in [0.15, 0.2) is 6.33 Å². The Bertz CT molecular complexity index is 392. The molecule has 2 aliphatic carbocycles. The summed E-state index contributed by atoms with van der Waals surface area (Å²) in [7, 11) is 2.02. The second-order valence-electron chi connectivity index (χ2n) is 6.08. The second kappa shape index (κ2) is 5.00. The van der Waals surface area contributed by atoms with E-state index in [4.69, 9.17) is 0 Å². The lowest BCUT2D eigenvalue weighted by Crippen LogP contribution is -2.54. The first kappa shape index (κ1) is 12.2. The number of nitrogens with zero attached hydrogens (tertiary/aromatic N) is 3. The fraction of sp³-hybridized carbons (Fsp3) is 0.857. The summed E-state index contributed by atoms with van der Waals surface area (Å²) in [5, 5.41) is 11.8. The zero-order valence-electron chi connectivity index (χ0n) is 11.4. The molecule has 1 N–H and O–H groups in total. The van der Waals surface area contributed by atoms with E-state index >= 15 is 0 Å². The molecule has 1 unspecified atom stereocenters. The molecule has 0 radical (unpaired) electrons. The average molecular weight is 248 g/mol. The van der Waals surface area contributed by atoms with Crippen LogP contribution in [-0.4, -0.2) is 27.4 Å². The average Bonchev–Trinajstić information content (AvgIpc) is 2.80. The van der Waals surface area contributed by atoms with Crippen LogP contribution in [0.5, 0.6) is 0 Å². The normalized spacial score (nSPS) is 26.2. The lowest BCUT2D eigenvalue weighted by Gasteiger charge is -2.52. The first-order valence-electron chi connectivity index (χ1n) is 7.36. The maximum absolute atomic E-state index is 4.13. The summed E-state index contributed by atoms with van der Waals surface area (Å²) in [6.07, 6.45) is 12.8. The molecule has 0 aliphatic heterocycles. The van der Waals surface area contributed by atoms with Gasteiger partial charge in [0.25, 0.3) is 0 Å². The molecule has 1 heterocycles. The molecule has 2 aliphatic rings. The van der Waals surface area contributed by atoms with Gasteiger partial charge in [0.2, 0.25) is 0 Å². The Balaban J connectivity index is 1.47. The predicted octanol–water partition coefficient (Wildman–Crippen LogP) is 2.06. The van der Waals surface area contributed by atoms with Crippen molar-refractivity contribution < 1.29 is 0 Å². The van der Waals surface area contributed by atoms with Crippen LogP contribution in [0, 0.1) is 5.41 Å². The Hall–Kier alpha value is -0.900. The van der Waals surface area contributed by atoms with E-state index in [9.17, 15) is 0 Å². The number of hydrogen-bond acceptors (Lipinski definition) is 3. The van der Waals surface area contributed by atoms with E-state index in [2.05, 4.69) is 15.5 Å². The SMILES string of the molecule is Cn1cnnc1CCNC1CCC12CCCCC2.